The first-order valence-electron chi connectivity index (χ1n) is 17.8. The molecule has 1 aromatic heterocycles. The second kappa shape index (κ2) is 13.1. The quantitative estimate of drug-likeness (QED) is 0.165. The Hall–Kier alpha value is -6.69. The van der Waals surface area contributed by atoms with Gasteiger partial charge in [-0.15, -0.1) is 0 Å². The number of benzene rings is 8. The smallest absolute Gasteiger partial charge is 0.165 e. The van der Waals surface area contributed by atoms with Crippen molar-refractivity contribution in [3.8, 4) is 17.2 Å². The maximum atomic E-state index is 6.85. The molecule has 5 heteroatoms. The van der Waals surface area contributed by atoms with E-state index in [0.717, 1.165) is 66.6 Å². The highest BCUT2D eigenvalue weighted by Crippen LogP contribution is 2.54. The van der Waals surface area contributed by atoms with Crippen LogP contribution in [0.2, 0.25) is 0 Å². The van der Waals surface area contributed by atoms with Gasteiger partial charge in [-0.05, 0) is 97.1 Å². The molecule has 0 spiro atoms. The van der Waals surface area contributed by atoms with E-state index in [1.807, 2.05) is 12.1 Å². The molecule has 0 bridgehead atoms. The van der Waals surface area contributed by atoms with E-state index in [1.54, 1.807) is 11.8 Å². The van der Waals surface area contributed by atoms with Crippen LogP contribution in [0.1, 0.15) is 0 Å². The Morgan fingerprint density at radius 1 is 0.396 bits per heavy atom. The lowest BCUT2D eigenvalue weighted by Gasteiger charge is -2.31. The number of anilines is 6. The number of nitrogens with zero attached hydrogens (tertiary/aromatic N) is 3. The zero-order valence-electron chi connectivity index (χ0n) is 28.7. The Balaban J connectivity index is 1.08. The number of para-hydroxylation sites is 6. The highest BCUT2D eigenvalue weighted by Gasteiger charge is 2.26. The molecule has 10 rings (SSSR count). The molecule has 0 fully saturated rings. The van der Waals surface area contributed by atoms with Crippen molar-refractivity contribution in [2.75, 3.05) is 9.80 Å². The molecule has 53 heavy (non-hydrogen) atoms. The van der Waals surface area contributed by atoms with E-state index in [1.165, 1.54) is 16.3 Å². The van der Waals surface area contributed by atoms with Crippen molar-refractivity contribution in [2.45, 2.75) is 9.79 Å². The molecule has 9 aromatic rings. The van der Waals surface area contributed by atoms with E-state index >= 15 is 0 Å². The molecule has 0 saturated carbocycles. The van der Waals surface area contributed by atoms with Crippen LogP contribution in [0.5, 0.6) is 11.5 Å². The highest BCUT2D eigenvalue weighted by molar-refractivity contribution is 7.99. The van der Waals surface area contributed by atoms with Crippen LogP contribution in [0.15, 0.2) is 210 Å². The standard InChI is InChI=1S/C48H33N3OS/c1-5-16-34(17-6-1)49(38-28-30-41-40-24-13-14-25-42(40)51(44(41)32-38)37-22-11-4-12-23-37)39-29-31-45-47(33-39)53-46-27-15-26-43(48(46)52-45)50(35-18-7-2-8-19-35)36-20-9-3-10-21-36/h1-33H. The summed E-state index contributed by atoms with van der Waals surface area (Å²) in [5.74, 6) is 1.69. The van der Waals surface area contributed by atoms with Crippen molar-refractivity contribution in [3.05, 3.63) is 200 Å². The highest BCUT2D eigenvalue weighted by atomic mass is 32.2. The molecule has 0 aliphatic carbocycles. The van der Waals surface area contributed by atoms with Gasteiger partial charge in [0.1, 0.15) is 5.75 Å². The summed E-state index contributed by atoms with van der Waals surface area (Å²) in [6, 6.07) is 70.6. The third-order valence-corrected chi connectivity index (χ3v) is 10.9. The van der Waals surface area contributed by atoms with E-state index in [-0.39, 0.29) is 0 Å². The van der Waals surface area contributed by atoms with Gasteiger partial charge in [0.2, 0.25) is 0 Å². The fourth-order valence-electron chi connectivity index (χ4n) is 7.45. The third-order valence-electron chi connectivity index (χ3n) is 9.79. The summed E-state index contributed by atoms with van der Waals surface area (Å²) in [4.78, 5) is 6.74. The van der Waals surface area contributed by atoms with Crippen LogP contribution < -0.4 is 14.5 Å². The largest absolute Gasteiger partial charge is 0.453 e. The van der Waals surface area contributed by atoms with Crippen molar-refractivity contribution >= 4 is 67.7 Å². The van der Waals surface area contributed by atoms with Gasteiger partial charge in [-0.1, -0.05) is 115 Å². The number of aromatic nitrogens is 1. The average Bonchev–Trinajstić information content (AvgIpc) is 3.56. The number of fused-ring (bicyclic) bond motifs is 5. The molecule has 0 saturated heterocycles. The van der Waals surface area contributed by atoms with Crippen LogP contribution in [0.25, 0.3) is 27.5 Å². The summed E-state index contributed by atoms with van der Waals surface area (Å²) in [5.41, 5.74) is 9.85. The van der Waals surface area contributed by atoms with Crippen LogP contribution in [-0.4, -0.2) is 4.57 Å². The Labute approximate surface area is 312 Å². The Bertz CT molecular complexity index is 2690. The zero-order valence-corrected chi connectivity index (χ0v) is 29.5. The predicted molar refractivity (Wildman–Crippen MR) is 221 cm³/mol. The number of hydrogen-bond acceptors (Lipinski definition) is 4. The average molecular weight is 700 g/mol. The van der Waals surface area contributed by atoms with Gasteiger partial charge in [0, 0.05) is 44.9 Å². The second-order valence-corrected chi connectivity index (χ2v) is 14.1. The van der Waals surface area contributed by atoms with E-state index in [4.69, 9.17) is 4.74 Å². The molecular formula is C48H33N3OS. The van der Waals surface area contributed by atoms with Gasteiger partial charge in [0.05, 0.1) is 26.5 Å². The lowest BCUT2D eigenvalue weighted by atomic mass is 10.1. The number of ether oxygens (including phenoxy) is 1. The molecule has 0 radical (unpaired) electrons. The molecule has 1 aliphatic heterocycles. The maximum absolute atomic E-state index is 6.85. The van der Waals surface area contributed by atoms with Gasteiger partial charge >= 0.3 is 0 Å². The van der Waals surface area contributed by atoms with Gasteiger partial charge in [-0.3, -0.25) is 0 Å². The molecule has 0 N–H and O–H groups in total. The molecule has 0 unspecified atom stereocenters. The van der Waals surface area contributed by atoms with E-state index < -0.39 is 0 Å². The van der Waals surface area contributed by atoms with Gasteiger partial charge in [0.15, 0.2) is 5.75 Å². The van der Waals surface area contributed by atoms with E-state index in [9.17, 15) is 0 Å². The van der Waals surface area contributed by atoms with Crippen molar-refractivity contribution < 1.29 is 4.74 Å². The van der Waals surface area contributed by atoms with Gasteiger partial charge in [-0.2, -0.15) is 0 Å². The topological polar surface area (TPSA) is 20.6 Å². The second-order valence-electron chi connectivity index (χ2n) is 13.0. The summed E-state index contributed by atoms with van der Waals surface area (Å²) >= 11 is 1.75. The molecule has 8 aromatic carbocycles. The van der Waals surface area contributed by atoms with Crippen molar-refractivity contribution in [2.24, 2.45) is 0 Å². The van der Waals surface area contributed by atoms with Crippen LogP contribution >= 0.6 is 11.8 Å². The van der Waals surface area contributed by atoms with E-state index in [0.29, 0.717) is 0 Å². The first kappa shape index (κ1) is 31.1. The number of hydrogen-bond donors (Lipinski definition) is 0. The minimum absolute atomic E-state index is 0.840. The normalized spacial score (nSPS) is 11.8. The fraction of sp³-hybridized carbons (Fsp3) is 0. The SMILES string of the molecule is c1ccc(N(c2ccc3c(c2)Sc2cccc(N(c4ccccc4)c4ccccc4)c2O3)c2ccc3c4ccccc4n(-c4ccccc4)c3c2)cc1. The molecule has 2 heterocycles. The summed E-state index contributed by atoms with van der Waals surface area (Å²) in [6.07, 6.45) is 0. The molecule has 4 nitrogen and oxygen atoms in total. The lowest BCUT2D eigenvalue weighted by Crippen LogP contribution is -2.12. The summed E-state index contributed by atoms with van der Waals surface area (Å²) in [7, 11) is 0. The van der Waals surface area contributed by atoms with E-state index in [2.05, 4.69) is 202 Å². The minimum Gasteiger partial charge on any atom is -0.453 e. The summed E-state index contributed by atoms with van der Waals surface area (Å²) < 4.78 is 9.22. The van der Waals surface area contributed by atoms with Crippen LogP contribution in [0.4, 0.5) is 34.1 Å². The zero-order chi connectivity index (χ0) is 35.1. The van der Waals surface area contributed by atoms with Crippen molar-refractivity contribution in [1.82, 2.24) is 4.57 Å². The van der Waals surface area contributed by atoms with Gasteiger partial charge in [-0.25, -0.2) is 0 Å². The summed E-state index contributed by atoms with van der Waals surface area (Å²) in [6.45, 7) is 0. The first-order valence-corrected chi connectivity index (χ1v) is 18.6. The predicted octanol–water partition coefficient (Wildman–Crippen LogP) is 14.0. The van der Waals surface area contributed by atoms with Crippen LogP contribution in [0.3, 0.4) is 0 Å². The molecule has 0 atom stereocenters. The maximum Gasteiger partial charge on any atom is 0.165 e. The summed E-state index contributed by atoms with van der Waals surface area (Å²) in [5, 5.41) is 2.46. The number of rotatable bonds is 7. The van der Waals surface area contributed by atoms with Crippen molar-refractivity contribution in [3.63, 3.8) is 0 Å². The fourth-order valence-corrected chi connectivity index (χ4v) is 8.46. The van der Waals surface area contributed by atoms with Crippen molar-refractivity contribution in [1.29, 1.82) is 0 Å². The molecular weight excluding hydrogens is 667 g/mol. The Morgan fingerprint density at radius 3 is 1.66 bits per heavy atom. The Morgan fingerprint density at radius 2 is 0.962 bits per heavy atom. The van der Waals surface area contributed by atoms with Gasteiger partial charge < -0.3 is 19.1 Å². The van der Waals surface area contributed by atoms with Crippen LogP contribution in [-0.2, 0) is 0 Å². The monoisotopic (exact) mass is 699 g/mol. The third kappa shape index (κ3) is 5.50. The molecule has 252 valence electrons. The van der Waals surface area contributed by atoms with Crippen LogP contribution in [0, 0.1) is 0 Å². The molecule has 1 aliphatic rings. The molecule has 0 amide bonds. The van der Waals surface area contributed by atoms with Gasteiger partial charge in [0.25, 0.3) is 0 Å². The minimum atomic E-state index is 0.840. The first-order chi connectivity index (χ1) is 26.3. The lowest BCUT2D eigenvalue weighted by molar-refractivity contribution is 0.456. The Kier molecular flexibility index (Phi) is 7.70.